The Kier molecular flexibility index (Phi) is 9.69. The van der Waals surface area contributed by atoms with Crippen LogP contribution in [0.3, 0.4) is 0 Å². The molecule has 2 aromatic heterocycles. The van der Waals surface area contributed by atoms with E-state index in [1.807, 2.05) is 18.6 Å². The molecule has 31 heavy (non-hydrogen) atoms. The van der Waals surface area contributed by atoms with Crippen LogP contribution in [0.4, 0.5) is 0 Å². The zero-order chi connectivity index (χ0) is 21.7. The van der Waals surface area contributed by atoms with E-state index in [4.69, 9.17) is 0 Å². The molecule has 0 aliphatic carbocycles. The van der Waals surface area contributed by atoms with Gasteiger partial charge in [0.15, 0.2) is 5.82 Å². The minimum Gasteiger partial charge on any atom is -0.256 e. The normalized spacial score (nSPS) is 11.0. The largest absolute Gasteiger partial charge is 0.256 e. The second-order valence-electron chi connectivity index (χ2n) is 8.52. The maximum absolute atomic E-state index is 4.66. The molecule has 0 aliphatic heterocycles. The van der Waals surface area contributed by atoms with Gasteiger partial charge in [0.1, 0.15) is 0 Å². The molecule has 164 valence electrons. The van der Waals surface area contributed by atoms with Crippen molar-refractivity contribution >= 4 is 0 Å². The van der Waals surface area contributed by atoms with Crippen molar-refractivity contribution in [3.05, 3.63) is 66.1 Å². The molecular formula is C28H37N3. The number of aromatic nitrogens is 3. The molecule has 0 atom stereocenters. The second-order valence-corrected chi connectivity index (χ2v) is 8.52. The highest BCUT2D eigenvalue weighted by Crippen LogP contribution is 2.22. The van der Waals surface area contributed by atoms with Crippen molar-refractivity contribution in [2.24, 2.45) is 0 Å². The van der Waals surface area contributed by atoms with E-state index in [-0.39, 0.29) is 0 Å². The third kappa shape index (κ3) is 7.57. The third-order valence-corrected chi connectivity index (χ3v) is 5.86. The first-order valence-electron chi connectivity index (χ1n) is 12.2. The fraction of sp³-hybridized carbons (Fsp3) is 0.464. The summed E-state index contributed by atoms with van der Waals surface area (Å²) in [6.45, 7) is 4.50. The Morgan fingerprint density at radius 3 is 1.74 bits per heavy atom. The van der Waals surface area contributed by atoms with Gasteiger partial charge in [-0.3, -0.25) is 4.98 Å². The van der Waals surface area contributed by atoms with Crippen molar-refractivity contribution in [1.82, 2.24) is 15.0 Å². The van der Waals surface area contributed by atoms with Gasteiger partial charge in [-0.25, -0.2) is 9.97 Å². The van der Waals surface area contributed by atoms with Crippen molar-refractivity contribution < 1.29 is 0 Å². The molecule has 0 spiro atoms. The number of pyridine rings is 1. The van der Waals surface area contributed by atoms with E-state index in [1.165, 1.54) is 68.9 Å². The van der Waals surface area contributed by atoms with Crippen LogP contribution in [0, 0.1) is 0 Å². The maximum atomic E-state index is 4.66. The van der Waals surface area contributed by atoms with Crippen molar-refractivity contribution in [2.75, 3.05) is 0 Å². The Morgan fingerprint density at radius 2 is 1.06 bits per heavy atom. The van der Waals surface area contributed by atoms with Gasteiger partial charge in [-0.05, 0) is 42.9 Å². The van der Waals surface area contributed by atoms with Gasteiger partial charge >= 0.3 is 0 Å². The molecule has 0 saturated carbocycles. The number of hydrogen-bond acceptors (Lipinski definition) is 3. The van der Waals surface area contributed by atoms with Crippen LogP contribution < -0.4 is 0 Å². The Hall–Kier alpha value is -2.55. The number of hydrogen-bond donors (Lipinski definition) is 0. The molecule has 3 rings (SSSR count). The number of nitrogens with zero attached hydrogens (tertiary/aromatic N) is 3. The van der Waals surface area contributed by atoms with Gasteiger partial charge in [0.2, 0.25) is 0 Å². The lowest BCUT2D eigenvalue weighted by Crippen LogP contribution is -1.94. The maximum Gasteiger partial charge on any atom is 0.159 e. The summed E-state index contributed by atoms with van der Waals surface area (Å²) in [5, 5.41) is 0. The summed E-state index contributed by atoms with van der Waals surface area (Å²) in [6, 6.07) is 12.7. The van der Waals surface area contributed by atoms with Crippen molar-refractivity contribution in [3.8, 4) is 22.6 Å². The van der Waals surface area contributed by atoms with E-state index in [1.54, 1.807) is 0 Å². The van der Waals surface area contributed by atoms with E-state index in [9.17, 15) is 0 Å². The molecule has 0 fully saturated rings. The summed E-state index contributed by atoms with van der Waals surface area (Å²) in [5.74, 6) is 0.789. The molecule has 0 amide bonds. The lowest BCUT2D eigenvalue weighted by atomic mass is 10.1. The Labute approximate surface area is 188 Å². The standard InChI is InChI=1S/C28H37N3/c1-3-5-7-8-9-11-13-24-21-30-28(31-22-24)26-17-15-25(16-18-26)27-19-14-23(20-29-27)12-10-6-4-2/h14-22H,3-13H2,1-2H3. The van der Waals surface area contributed by atoms with Gasteiger partial charge in [0.25, 0.3) is 0 Å². The van der Waals surface area contributed by atoms with Crippen molar-refractivity contribution in [1.29, 1.82) is 0 Å². The van der Waals surface area contributed by atoms with Crippen LogP contribution in [-0.4, -0.2) is 15.0 Å². The molecule has 0 unspecified atom stereocenters. The molecule has 3 nitrogen and oxygen atoms in total. The van der Waals surface area contributed by atoms with Crippen LogP contribution >= 0.6 is 0 Å². The van der Waals surface area contributed by atoms with Gasteiger partial charge in [0.05, 0.1) is 5.69 Å². The predicted octanol–water partition coefficient (Wildman–Crippen LogP) is 7.84. The van der Waals surface area contributed by atoms with E-state index >= 15 is 0 Å². The highest BCUT2D eigenvalue weighted by molar-refractivity contribution is 5.65. The van der Waals surface area contributed by atoms with Gasteiger partial charge in [0, 0.05) is 29.7 Å². The minimum atomic E-state index is 0.789. The number of rotatable bonds is 13. The van der Waals surface area contributed by atoms with Gasteiger partial charge in [-0.1, -0.05) is 89.1 Å². The summed E-state index contributed by atoms with van der Waals surface area (Å²) in [5.41, 5.74) is 5.75. The molecule has 3 aromatic rings. The summed E-state index contributed by atoms with van der Waals surface area (Å²) in [4.78, 5) is 13.9. The van der Waals surface area contributed by atoms with E-state index in [2.05, 4.69) is 65.2 Å². The van der Waals surface area contributed by atoms with E-state index in [0.717, 1.165) is 35.5 Å². The van der Waals surface area contributed by atoms with Crippen LogP contribution in [0.25, 0.3) is 22.6 Å². The SMILES string of the molecule is CCCCCCCCc1cnc(-c2ccc(-c3ccc(CCCCC)cn3)cc2)nc1. The first-order valence-corrected chi connectivity index (χ1v) is 12.2. The monoisotopic (exact) mass is 415 g/mol. The van der Waals surface area contributed by atoms with Crippen molar-refractivity contribution in [2.45, 2.75) is 84.5 Å². The average Bonchev–Trinajstić information content (AvgIpc) is 2.82. The van der Waals surface area contributed by atoms with E-state index < -0.39 is 0 Å². The molecule has 1 aromatic carbocycles. The fourth-order valence-corrected chi connectivity index (χ4v) is 3.85. The summed E-state index contributed by atoms with van der Waals surface area (Å²) < 4.78 is 0. The molecular weight excluding hydrogens is 378 g/mol. The number of unbranched alkanes of at least 4 members (excludes halogenated alkanes) is 7. The molecule has 3 heteroatoms. The fourth-order valence-electron chi connectivity index (χ4n) is 3.85. The molecule has 0 N–H and O–H groups in total. The van der Waals surface area contributed by atoms with Crippen LogP contribution in [0.2, 0.25) is 0 Å². The van der Waals surface area contributed by atoms with Gasteiger partial charge in [-0.15, -0.1) is 0 Å². The highest BCUT2D eigenvalue weighted by atomic mass is 14.9. The molecule has 0 aliphatic rings. The Bertz CT molecular complexity index is 868. The minimum absolute atomic E-state index is 0.789. The quantitative estimate of drug-likeness (QED) is 0.267. The summed E-state index contributed by atoms with van der Waals surface area (Å²) in [7, 11) is 0. The second kappa shape index (κ2) is 13.0. The first kappa shape index (κ1) is 23.1. The average molecular weight is 416 g/mol. The predicted molar refractivity (Wildman–Crippen MR) is 131 cm³/mol. The van der Waals surface area contributed by atoms with Gasteiger partial charge < -0.3 is 0 Å². The Morgan fingerprint density at radius 1 is 0.516 bits per heavy atom. The zero-order valence-electron chi connectivity index (χ0n) is 19.3. The molecule has 0 radical (unpaired) electrons. The van der Waals surface area contributed by atoms with Gasteiger partial charge in [-0.2, -0.15) is 0 Å². The lowest BCUT2D eigenvalue weighted by molar-refractivity contribution is 0.607. The highest BCUT2D eigenvalue weighted by Gasteiger charge is 2.05. The number of aryl methyl sites for hydroxylation is 2. The molecule has 0 saturated heterocycles. The zero-order valence-corrected chi connectivity index (χ0v) is 19.3. The number of benzene rings is 1. The topological polar surface area (TPSA) is 38.7 Å². The smallest absolute Gasteiger partial charge is 0.159 e. The van der Waals surface area contributed by atoms with Crippen LogP contribution in [0.1, 0.15) is 82.8 Å². The lowest BCUT2D eigenvalue weighted by Gasteiger charge is -2.06. The molecule has 0 bridgehead atoms. The molecule has 2 heterocycles. The summed E-state index contributed by atoms with van der Waals surface area (Å²) in [6.07, 6.45) is 19.9. The van der Waals surface area contributed by atoms with Crippen LogP contribution in [0.15, 0.2) is 55.0 Å². The van der Waals surface area contributed by atoms with Crippen LogP contribution in [0.5, 0.6) is 0 Å². The Balaban J connectivity index is 1.52. The van der Waals surface area contributed by atoms with Crippen LogP contribution in [-0.2, 0) is 12.8 Å². The summed E-state index contributed by atoms with van der Waals surface area (Å²) >= 11 is 0. The van der Waals surface area contributed by atoms with Crippen molar-refractivity contribution in [3.63, 3.8) is 0 Å². The third-order valence-electron chi connectivity index (χ3n) is 5.86. The van der Waals surface area contributed by atoms with E-state index in [0.29, 0.717) is 0 Å². The first-order chi connectivity index (χ1) is 15.3.